The van der Waals surface area contributed by atoms with Crippen molar-refractivity contribution < 1.29 is 19.1 Å². The lowest BCUT2D eigenvalue weighted by molar-refractivity contribution is -0.131. The largest absolute Gasteiger partial charge is 0.486 e. The Morgan fingerprint density at radius 3 is 2.54 bits per heavy atom. The van der Waals surface area contributed by atoms with E-state index in [1.54, 1.807) is 6.92 Å². The lowest BCUT2D eigenvalue weighted by Gasteiger charge is -2.31. The van der Waals surface area contributed by atoms with E-state index in [0.29, 0.717) is 25.5 Å². The van der Waals surface area contributed by atoms with E-state index in [1.165, 1.54) is 0 Å². The van der Waals surface area contributed by atoms with Gasteiger partial charge < -0.3 is 20.1 Å². The molecule has 1 aromatic rings. The lowest BCUT2D eigenvalue weighted by Crippen LogP contribution is -2.51. The van der Waals surface area contributed by atoms with E-state index in [0.717, 1.165) is 43.4 Å². The molecule has 26 heavy (non-hydrogen) atoms. The Morgan fingerprint density at radius 2 is 1.85 bits per heavy atom. The zero-order valence-electron chi connectivity index (χ0n) is 15.6. The molecule has 1 saturated carbocycles. The van der Waals surface area contributed by atoms with Gasteiger partial charge in [0.15, 0.2) is 11.5 Å². The van der Waals surface area contributed by atoms with Crippen molar-refractivity contribution in [2.45, 2.75) is 57.4 Å². The van der Waals surface area contributed by atoms with Crippen LogP contribution in [0.5, 0.6) is 11.5 Å². The summed E-state index contributed by atoms with van der Waals surface area (Å²) in [7, 11) is 0. The van der Waals surface area contributed by atoms with Gasteiger partial charge in [-0.2, -0.15) is 0 Å². The van der Waals surface area contributed by atoms with Gasteiger partial charge in [-0.15, -0.1) is 0 Å². The van der Waals surface area contributed by atoms with Gasteiger partial charge in [0, 0.05) is 6.54 Å². The monoisotopic (exact) mass is 360 g/mol. The summed E-state index contributed by atoms with van der Waals surface area (Å²) < 4.78 is 11.3. The maximum Gasteiger partial charge on any atom is 0.242 e. The second-order valence-corrected chi connectivity index (χ2v) is 7.13. The number of fused-ring (bicyclic) bond motifs is 1. The number of nitrogens with one attached hydrogen (secondary N) is 2. The van der Waals surface area contributed by atoms with E-state index in [-0.39, 0.29) is 11.8 Å². The predicted octanol–water partition coefficient (Wildman–Crippen LogP) is 2.30. The van der Waals surface area contributed by atoms with Crippen molar-refractivity contribution in [2.75, 3.05) is 19.8 Å². The average Bonchev–Trinajstić information content (AvgIpc) is 3.16. The van der Waals surface area contributed by atoms with Crippen LogP contribution >= 0.6 is 0 Å². The Balaban J connectivity index is 1.79. The van der Waals surface area contributed by atoms with E-state index in [2.05, 4.69) is 10.6 Å². The Labute approximate surface area is 154 Å². The Morgan fingerprint density at radius 1 is 1.15 bits per heavy atom. The van der Waals surface area contributed by atoms with E-state index >= 15 is 0 Å². The van der Waals surface area contributed by atoms with E-state index in [4.69, 9.17) is 9.47 Å². The van der Waals surface area contributed by atoms with Gasteiger partial charge in [-0.25, -0.2) is 0 Å². The molecular weight excluding hydrogens is 332 g/mol. The summed E-state index contributed by atoms with van der Waals surface area (Å²) >= 11 is 0. The molecule has 6 nitrogen and oxygen atoms in total. The molecule has 1 aliphatic carbocycles. The van der Waals surface area contributed by atoms with Crippen LogP contribution in [0, 0.1) is 0 Å². The maximum atomic E-state index is 13.2. The Kier molecular flexibility index (Phi) is 5.69. The van der Waals surface area contributed by atoms with Crippen LogP contribution < -0.4 is 20.1 Å². The van der Waals surface area contributed by atoms with Crippen LogP contribution in [-0.4, -0.2) is 37.6 Å². The van der Waals surface area contributed by atoms with Gasteiger partial charge in [0.1, 0.15) is 19.3 Å². The SMILES string of the molecule is CCCNC(=O)[C@H](C)NC(=O)C1(c2ccc3c(c2)OCCO3)CCCC1. The summed E-state index contributed by atoms with van der Waals surface area (Å²) in [5, 5.41) is 5.76. The van der Waals surface area contributed by atoms with Crippen LogP contribution in [0.15, 0.2) is 18.2 Å². The molecule has 3 rings (SSSR count). The van der Waals surface area contributed by atoms with E-state index in [9.17, 15) is 9.59 Å². The fraction of sp³-hybridized carbons (Fsp3) is 0.600. The topological polar surface area (TPSA) is 76.7 Å². The van der Waals surface area contributed by atoms with Crippen LogP contribution in [0.4, 0.5) is 0 Å². The van der Waals surface area contributed by atoms with Crippen molar-refractivity contribution in [3.63, 3.8) is 0 Å². The molecule has 1 heterocycles. The smallest absolute Gasteiger partial charge is 0.242 e. The summed E-state index contributed by atoms with van der Waals surface area (Å²) in [5.41, 5.74) is 0.340. The predicted molar refractivity (Wildman–Crippen MR) is 98.5 cm³/mol. The number of hydrogen-bond donors (Lipinski definition) is 2. The van der Waals surface area contributed by atoms with Gasteiger partial charge >= 0.3 is 0 Å². The zero-order chi connectivity index (χ0) is 18.6. The van der Waals surface area contributed by atoms with Crippen LogP contribution in [0.25, 0.3) is 0 Å². The van der Waals surface area contributed by atoms with Crippen molar-refractivity contribution >= 4 is 11.8 Å². The number of benzene rings is 1. The summed E-state index contributed by atoms with van der Waals surface area (Å²) in [4.78, 5) is 25.3. The molecule has 0 bridgehead atoms. The van der Waals surface area contributed by atoms with Crippen LogP contribution in [0.2, 0.25) is 0 Å². The standard InChI is InChI=1S/C20H28N2O4/c1-3-10-21-18(23)14(2)22-19(24)20(8-4-5-9-20)15-6-7-16-17(13-15)26-12-11-25-16/h6-7,13-14H,3-5,8-12H2,1-2H3,(H,21,23)(H,22,24)/t14-/m0/s1. The molecule has 2 aliphatic rings. The highest BCUT2D eigenvalue weighted by molar-refractivity contribution is 5.93. The average molecular weight is 360 g/mol. The number of carbonyl (C=O) groups excluding carboxylic acids is 2. The number of amides is 2. The first kappa shape index (κ1) is 18.5. The summed E-state index contributed by atoms with van der Waals surface area (Å²) in [6, 6.07) is 5.22. The van der Waals surface area contributed by atoms with Crippen LogP contribution in [0.1, 0.15) is 51.5 Å². The molecule has 6 heteroatoms. The van der Waals surface area contributed by atoms with Crippen molar-refractivity contribution in [3.05, 3.63) is 23.8 Å². The first-order valence-corrected chi connectivity index (χ1v) is 9.55. The molecule has 0 unspecified atom stereocenters. The minimum atomic E-state index is -0.602. The van der Waals surface area contributed by atoms with Crippen molar-refractivity contribution in [2.24, 2.45) is 0 Å². The lowest BCUT2D eigenvalue weighted by atomic mass is 9.77. The molecule has 2 N–H and O–H groups in total. The number of carbonyl (C=O) groups is 2. The summed E-state index contributed by atoms with van der Waals surface area (Å²) in [6.07, 6.45) is 4.42. The fourth-order valence-corrected chi connectivity index (χ4v) is 3.77. The van der Waals surface area contributed by atoms with Crippen molar-refractivity contribution in [1.29, 1.82) is 0 Å². The van der Waals surface area contributed by atoms with Gasteiger partial charge in [0.2, 0.25) is 11.8 Å². The fourth-order valence-electron chi connectivity index (χ4n) is 3.77. The first-order chi connectivity index (χ1) is 12.6. The third kappa shape index (κ3) is 3.64. The quantitative estimate of drug-likeness (QED) is 0.816. The minimum Gasteiger partial charge on any atom is -0.486 e. The second kappa shape index (κ2) is 7.98. The third-order valence-corrected chi connectivity index (χ3v) is 5.28. The Hall–Kier alpha value is -2.24. The molecule has 0 spiro atoms. The molecule has 1 fully saturated rings. The number of ether oxygens (including phenoxy) is 2. The third-order valence-electron chi connectivity index (χ3n) is 5.28. The molecule has 1 aromatic carbocycles. The number of rotatable bonds is 6. The van der Waals surface area contributed by atoms with Crippen molar-refractivity contribution in [1.82, 2.24) is 10.6 Å². The maximum absolute atomic E-state index is 13.2. The van der Waals surface area contributed by atoms with Gasteiger partial charge in [-0.3, -0.25) is 9.59 Å². The van der Waals surface area contributed by atoms with E-state index < -0.39 is 11.5 Å². The zero-order valence-corrected chi connectivity index (χ0v) is 15.6. The normalized spacial score (nSPS) is 18.8. The second-order valence-electron chi connectivity index (χ2n) is 7.13. The first-order valence-electron chi connectivity index (χ1n) is 9.55. The van der Waals surface area contributed by atoms with Crippen LogP contribution in [-0.2, 0) is 15.0 Å². The Bertz CT molecular complexity index is 668. The van der Waals surface area contributed by atoms with Crippen molar-refractivity contribution in [3.8, 4) is 11.5 Å². The molecule has 142 valence electrons. The van der Waals surface area contributed by atoms with E-state index in [1.807, 2.05) is 25.1 Å². The number of hydrogen-bond acceptors (Lipinski definition) is 4. The molecule has 0 radical (unpaired) electrons. The van der Waals surface area contributed by atoms with Gasteiger partial charge in [-0.05, 0) is 43.9 Å². The molecule has 0 aromatic heterocycles. The molecule has 2 amide bonds. The highest BCUT2D eigenvalue weighted by Gasteiger charge is 2.44. The van der Waals surface area contributed by atoms with Crippen LogP contribution in [0.3, 0.4) is 0 Å². The minimum absolute atomic E-state index is 0.0779. The molecular formula is C20H28N2O4. The highest BCUT2D eigenvalue weighted by atomic mass is 16.6. The van der Waals surface area contributed by atoms with Gasteiger partial charge in [-0.1, -0.05) is 25.8 Å². The van der Waals surface area contributed by atoms with Gasteiger partial charge in [0.05, 0.1) is 5.41 Å². The molecule has 1 atom stereocenters. The van der Waals surface area contributed by atoms with Gasteiger partial charge in [0.25, 0.3) is 0 Å². The molecule has 0 saturated heterocycles. The summed E-state index contributed by atoms with van der Waals surface area (Å²) in [5.74, 6) is 1.20. The molecule has 1 aliphatic heterocycles. The summed E-state index contributed by atoms with van der Waals surface area (Å²) in [6.45, 7) is 5.41. The highest BCUT2D eigenvalue weighted by Crippen LogP contribution is 2.44.